The molecule has 1 aliphatic rings. The number of nitrogen functional groups attached to an aromatic ring is 1. The molecule has 1 aromatic carbocycles. The summed E-state index contributed by atoms with van der Waals surface area (Å²) in [5.41, 5.74) is 8.38. The van der Waals surface area contributed by atoms with Crippen molar-refractivity contribution in [3.05, 3.63) is 35.4 Å². The number of halogens is 1. The van der Waals surface area contributed by atoms with E-state index >= 15 is 0 Å². The normalized spacial score (nSPS) is 14.8. The highest BCUT2D eigenvalue weighted by molar-refractivity contribution is 5.71. The van der Waals surface area contributed by atoms with Crippen LogP contribution in [0.5, 0.6) is 0 Å². The lowest BCUT2D eigenvalue weighted by Crippen LogP contribution is -2.06. The van der Waals surface area contributed by atoms with Crippen LogP contribution in [0, 0.1) is 12.7 Å². The van der Waals surface area contributed by atoms with Crippen LogP contribution < -0.4 is 5.73 Å². The number of benzene rings is 1. The molecule has 0 radical (unpaired) electrons. The molecular weight excluding hydrogens is 253 g/mol. The summed E-state index contributed by atoms with van der Waals surface area (Å²) < 4.78 is 15.8. The van der Waals surface area contributed by atoms with Crippen LogP contribution in [0.4, 0.5) is 10.2 Å². The fourth-order valence-corrected chi connectivity index (χ4v) is 2.55. The number of aryl methyl sites for hydroxylation is 1. The zero-order valence-corrected chi connectivity index (χ0v) is 12.0. The van der Waals surface area contributed by atoms with Crippen molar-refractivity contribution in [2.75, 3.05) is 5.73 Å². The number of aromatic nitrogens is 2. The molecule has 1 aromatic heterocycles. The minimum absolute atomic E-state index is 0.208. The molecule has 2 aromatic rings. The highest BCUT2D eigenvalue weighted by atomic mass is 19.1. The summed E-state index contributed by atoms with van der Waals surface area (Å²) in [7, 11) is 0. The van der Waals surface area contributed by atoms with Crippen LogP contribution in [0.25, 0.3) is 11.3 Å². The molecule has 0 aliphatic heterocycles. The molecule has 4 heteroatoms. The van der Waals surface area contributed by atoms with Gasteiger partial charge >= 0.3 is 0 Å². The Hall–Kier alpha value is -1.84. The van der Waals surface area contributed by atoms with Gasteiger partial charge in [0.2, 0.25) is 0 Å². The van der Waals surface area contributed by atoms with E-state index in [-0.39, 0.29) is 5.82 Å². The predicted octanol–water partition coefficient (Wildman–Crippen LogP) is 3.87. The number of hydrogen-bond donors (Lipinski definition) is 1. The molecule has 2 N–H and O–H groups in total. The monoisotopic (exact) mass is 273 g/mol. The summed E-state index contributed by atoms with van der Waals surface area (Å²) >= 11 is 0. The van der Waals surface area contributed by atoms with E-state index in [2.05, 4.69) is 11.5 Å². The lowest BCUT2D eigenvalue weighted by Gasteiger charge is -2.07. The van der Waals surface area contributed by atoms with E-state index in [1.807, 2.05) is 6.07 Å². The first kappa shape index (κ1) is 13.2. The Morgan fingerprint density at radius 2 is 2.15 bits per heavy atom. The maximum absolute atomic E-state index is 13.7. The quantitative estimate of drug-likeness (QED) is 0.919. The van der Waals surface area contributed by atoms with Crippen molar-refractivity contribution in [1.82, 2.24) is 9.55 Å². The largest absolute Gasteiger partial charge is 0.383 e. The molecule has 1 aliphatic carbocycles. The van der Waals surface area contributed by atoms with Gasteiger partial charge in [0.25, 0.3) is 0 Å². The smallest absolute Gasteiger partial charge is 0.131 e. The van der Waals surface area contributed by atoms with Gasteiger partial charge < -0.3 is 10.3 Å². The van der Waals surface area contributed by atoms with E-state index in [1.54, 1.807) is 13.0 Å². The summed E-state index contributed by atoms with van der Waals surface area (Å²) in [5.74, 6) is 2.06. The fraction of sp³-hybridized carbons (Fsp3) is 0.438. The minimum atomic E-state index is -0.208. The van der Waals surface area contributed by atoms with Crippen LogP contribution >= 0.6 is 0 Å². The van der Waals surface area contributed by atoms with Crippen molar-refractivity contribution in [1.29, 1.82) is 0 Å². The van der Waals surface area contributed by atoms with Gasteiger partial charge in [0.15, 0.2) is 0 Å². The molecule has 1 heterocycles. The molecule has 1 saturated carbocycles. The van der Waals surface area contributed by atoms with E-state index in [0.29, 0.717) is 17.3 Å². The molecule has 20 heavy (non-hydrogen) atoms. The Morgan fingerprint density at radius 3 is 2.75 bits per heavy atom. The topological polar surface area (TPSA) is 43.8 Å². The van der Waals surface area contributed by atoms with Crippen LogP contribution in [0.3, 0.4) is 0 Å². The van der Waals surface area contributed by atoms with Gasteiger partial charge in [0, 0.05) is 18.0 Å². The highest BCUT2D eigenvalue weighted by Crippen LogP contribution is 2.42. The van der Waals surface area contributed by atoms with E-state index in [9.17, 15) is 4.39 Å². The minimum Gasteiger partial charge on any atom is -0.383 e. The summed E-state index contributed by atoms with van der Waals surface area (Å²) in [5, 5.41) is 0. The van der Waals surface area contributed by atoms with Gasteiger partial charge in [-0.3, -0.25) is 0 Å². The van der Waals surface area contributed by atoms with E-state index in [1.165, 1.54) is 18.9 Å². The van der Waals surface area contributed by atoms with Crippen molar-refractivity contribution >= 4 is 5.82 Å². The molecular formula is C16H20FN3. The molecule has 0 unspecified atom stereocenters. The maximum atomic E-state index is 13.7. The Labute approximate surface area is 118 Å². The first-order chi connectivity index (χ1) is 9.61. The number of nitrogens with two attached hydrogens (primary N) is 1. The SMILES string of the molecule is CCCn1c(C2CC2)nc(-c2ccc(C)c(F)c2)c1N. The number of imidazole rings is 1. The molecule has 0 saturated heterocycles. The Kier molecular flexibility index (Phi) is 3.24. The van der Waals surface area contributed by atoms with E-state index in [4.69, 9.17) is 10.7 Å². The molecule has 106 valence electrons. The third kappa shape index (κ3) is 2.19. The average Bonchev–Trinajstić information content (AvgIpc) is 3.21. The lowest BCUT2D eigenvalue weighted by molar-refractivity contribution is 0.619. The second-order valence-corrected chi connectivity index (χ2v) is 5.59. The van der Waals surface area contributed by atoms with Crippen LogP contribution in [-0.4, -0.2) is 9.55 Å². The molecule has 0 amide bonds. The molecule has 3 nitrogen and oxygen atoms in total. The number of rotatable bonds is 4. The Morgan fingerprint density at radius 1 is 1.40 bits per heavy atom. The number of hydrogen-bond acceptors (Lipinski definition) is 2. The van der Waals surface area contributed by atoms with E-state index in [0.717, 1.165) is 30.0 Å². The second-order valence-electron chi connectivity index (χ2n) is 5.59. The van der Waals surface area contributed by atoms with Crippen molar-refractivity contribution in [3.8, 4) is 11.3 Å². The standard InChI is InChI=1S/C16H20FN3/c1-3-8-20-15(18)14(19-16(20)11-6-7-11)12-5-4-10(2)13(17)9-12/h4-5,9,11H,3,6-8,18H2,1-2H3. The molecule has 0 spiro atoms. The van der Waals surface area contributed by atoms with Gasteiger partial charge in [0.05, 0.1) is 0 Å². The van der Waals surface area contributed by atoms with Crippen LogP contribution in [0.1, 0.15) is 43.5 Å². The van der Waals surface area contributed by atoms with Crippen molar-refractivity contribution in [3.63, 3.8) is 0 Å². The van der Waals surface area contributed by atoms with Crippen LogP contribution in [-0.2, 0) is 6.54 Å². The van der Waals surface area contributed by atoms with Gasteiger partial charge in [-0.25, -0.2) is 9.37 Å². The summed E-state index contributed by atoms with van der Waals surface area (Å²) in [6.07, 6.45) is 3.38. The molecule has 0 bridgehead atoms. The number of nitrogens with zero attached hydrogens (tertiary/aromatic N) is 2. The van der Waals surface area contributed by atoms with Crippen LogP contribution in [0.2, 0.25) is 0 Å². The average molecular weight is 273 g/mol. The van der Waals surface area contributed by atoms with Gasteiger partial charge in [-0.2, -0.15) is 0 Å². The van der Waals surface area contributed by atoms with Gasteiger partial charge in [-0.15, -0.1) is 0 Å². The Bertz CT molecular complexity index is 641. The first-order valence-electron chi connectivity index (χ1n) is 7.24. The summed E-state index contributed by atoms with van der Waals surface area (Å²) in [6.45, 7) is 4.76. The summed E-state index contributed by atoms with van der Waals surface area (Å²) in [4.78, 5) is 4.70. The first-order valence-corrected chi connectivity index (χ1v) is 7.24. The van der Waals surface area contributed by atoms with Gasteiger partial charge in [-0.05, 0) is 37.8 Å². The van der Waals surface area contributed by atoms with Crippen LogP contribution in [0.15, 0.2) is 18.2 Å². The third-order valence-corrected chi connectivity index (χ3v) is 3.87. The molecule has 1 fully saturated rings. The number of anilines is 1. The molecule has 0 atom stereocenters. The third-order valence-electron chi connectivity index (χ3n) is 3.87. The fourth-order valence-electron chi connectivity index (χ4n) is 2.55. The lowest BCUT2D eigenvalue weighted by atomic mass is 10.1. The highest BCUT2D eigenvalue weighted by Gasteiger charge is 2.30. The van der Waals surface area contributed by atoms with E-state index < -0.39 is 0 Å². The van der Waals surface area contributed by atoms with Crippen molar-refractivity contribution in [2.45, 2.75) is 45.6 Å². The maximum Gasteiger partial charge on any atom is 0.131 e. The van der Waals surface area contributed by atoms with Gasteiger partial charge in [-0.1, -0.05) is 19.1 Å². The summed E-state index contributed by atoms with van der Waals surface area (Å²) in [6, 6.07) is 5.20. The van der Waals surface area contributed by atoms with Gasteiger partial charge in [0.1, 0.15) is 23.2 Å². The van der Waals surface area contributed by atoms with Crippen molar-refractivity contribution < 1.29 is 4.39 Å². The molecule has 3 rings (SSSR count). The zero-order valence-electron chi connectivity index (χ0n) is 12.0. The second kappa shape index (κ2) is 4.93. The predicted molar refractivity (Wildman–Crippen MR) is 79.0 cm³/mol. The zero-order chi connectivity index (χ0) is 14.3. The van der Waals surface area contributed by atoms with Crippen molar-refractivity contribution in [2.24, 2.45) is 0 Å². The Balaban J connectivity index is 2.08.